The zero-order valence-corrected chi connectivity index (χ0v) is 13.2. The van der Waals surface area contributed by atoms with Gasteiger partial charge in [0, 0.05) is 24.5 Å². The first-order valence-corrected chi connectivity index (χ1v) is 7.84. The number of urea groups is 1. The van der Waals surface area contributed by atoms with Crippen LogP contribution >= 0.6 is 0 Å². The lowest BCUT2D eigenvalue weighted by Crippen LogP contribution is -2.49. The molecule has 7 nitrogen and oxygen atoms in total. The van der Waals surface area contributed by atoms with E-state index in [2.05, 4.69) is 10.6 Å². The van der Waals surface area contributed by atoms with Crippen molar-refractivity contribution in [2.75, 3.05) is 13.1 Å². The SMILES string of the molecule is O=C1NC(=O)C2(CCN(C(=O)c3ccc(-n4cccc4)c(F)c3)C2)N1. The summed E-state index contributed by atoms with van der Waals surface area (Å²) in [6.45, 7) is 0.387. The maximum absolute atomic E-state index is 14.4. The number of amides is 4. The number of carbonyl (C=O) groups is 3. The van der Waals surface area contributed by atoms with Gasteiger partial charge in [-0.3, -0.25) is 14.9 Å². The molecule has 8 heteroatoms. The van der Waals surface area contributed by atoms with E-state index in [1.54, 1.807) is 41.2 Å². The van der Waals surface area contributed by atoms with Gasteiger partial charge >= 0.3 is 6.03 Å². The zero-order chi connectivity index (χ0) is 17.6. The molecule has 4 rings (SSSR count). The highest BCUT2D eigenvalue weighted by molar-refractivity contribution is 6.08. The second kappa shape index (κ2) is 5.44. The number of benzene rings is 1. The molecule has 2 fully saturated rings. The lowest BCUT2D eigenvalue weighted by molar-refractivity contribution is -0.123. The number of likely N-dealkylation sites (tertiary alicyclic amines) is 1. The van der Waals surface area contributed by atoms with Crippen molar-refractivity contribution in [3.63, 3.8) is 0 Å². The molecular weight excluding hydrogens is 327 g/mol. The van der Waals surface area contributed by atoms with Gasteiger partial charge in [0.2, 0.25) is 0 Å². The highest BCUT2D eigenvalue weighted by Crippen LogP contribution is 2.26. The van der Waals surface area contributed by atoms with Crippen LogP contribution in [0.25, 0.3) is 5.69 Å². The van der Waals surface area contributed by atoms with Gasteiger partial charge in [-0.05, 0) is 36.8 Å². The minimum atomic E-state index is -1.07. The standard InChI is InChI=1S/C17H15FN4O3/c18-12-9-11(3-4-13(12)21-6-1-2-7-21)14(23)22-8-5-17(10-22)15(24)19-16(25)20-17/h1-4,6-7,9H,5,8,10H2,(H2,19,20,24,25). The minimum Gasteiger partial charge on any atom is -0.336 e. The summed E-state index contributed by atoms with van der Waals surface area (Å²) in [6, 6.07) is 7.29. The molecule has 2 saturated heterocycles. The second-order valence-corrected chi connectivity index (χ2v) is 6.22. The van der Waals surface area contributed by atoms with Crippen molar-refractivity contribution in [3.8, 4) is 5.69 Å². The van der Waals surface area contributed by atoms with Crippen molar-refractivity contribution in [2.45, 2.75) is 12.0 Å². The molecule has 3 heterocycles. The van der Waals surface area contributed by atoms with Crippen LogP contribution in [0, 0.1) is 5.82 Å². The Morgan fingerprint density at radius 2 is 1.96 bits per heavy atom. The largest absolute Gasteiger partial charge is 0.336 e. The Morgan fingerprint density at radius 1 is 1.20 bits per heavy atom. The maximum atomic E-state index is 14.4. The smallest absolute Gasteiger partial charge is 0.322 e. The summed E-state index contributed by atoms with van der Waals surface area (Å²) in [5.41, 5.74) is -0.520. The lowest BCUT2D eigenvalue weighted by Gasteiger charge is -2.21. The van der Waals surface area contributed by atoms with Crippen LogP contribution < -0.4 is 10.6 Å². The highest BCUT2D eigenvalue weighted by atomic mass is 19.1. The quantitative estimate of drug-likeness (QED) is 0.800. The maximum Gasteiger partial charge on any atom is 0.322 e. The summed E-state index contributed by atoms with van der Waals surface area (Å²) >= 11 is 0. The van der Waals surface area contributed by atoms with E-state index in [-0.39, 0.29) is 18.0 Å². The first-order chi connectivity index (χ1) is 12.0. The average Bonchev–Trinajstić information content (AvgIpc) is 3.29. The van der Waals surface area contributed by atoms with Gasteiger partial charge in [-0.15, -0.1) is 0 Å². The molecule has 1 aromatic carbocycles. The molecule has 128 valence electrons. The van der Waals surface area contributed by atoms with Crippen LogP contribution in [0.5, 0.6) is 0 Å². The minimum absolute atomic E-state index is 0.0738. The Kier molecular flexibility index (Phi) is 3.34. The Labute approximate surface area is 142 Å². The zero-order valence-electron chi connectivity index (χ0n) is 13.2. The number of imide groups is 1. The van der Waals surface area contributed by atoms with Crippen LogP contribution in [0.15, 0.2) is 42.7 Å². The van der Waals surface area contributed by atoms with Gasteiger partial charge in [0.1, 0.15) is 11.4 Å². The van der Waals surface area contributed by atoms with Crippen molar-refractivity contribution in [3.05, 3.63) is 54.1 Å². The van der Waals surface area contributed by atoms with E-state index in [0.717, 1.165) is 0 Å². The topological polar surface area (TPSA) is 83.4 Å². The van der Waals surface area contributed by atoms with Crippen molar-refractivity contribution in [1.29, 1.82) is 0 Å². The summed E-state index contributed by atoms with van der Waals surface area (Å²) in [5.74, 6) is -1.31. The molecule has 1 unspecified atom stereocenters. The van der Waals surface area contributed by atoms with E-state index < -0.39 is 23.3 Å². The number of hydrogen-bond acceptors (Lipinski definition) is 3. The van der Waals surface area contributed by atoms with Gasteiger partial charge in [0.25, 0.3) is 11.8 Å². The molecule has 25 heavy (non-hydrogen) atoms. The molecule has 2 aliphatic heterocycles. The van der Waals surface area contributed by atoms with Crippen LogP contribution in [0.3, 0.4) is 0 Å². The summed E-state index contributed by atoms with van der Waals surface area (Å²) < 4.78 is 16.0. The van der Waals surface area contributed by atoms with Gasteiger partial charge in [-0.2, -0.15) is 0 Å². The molecule has 4 amide bonds. The van der Waals surface area contributed by atoms with Crippen molar-refractivity contribution < 1.29 is 18.8 Å². The van der Waals surface area contributed by atoms with Crippen LogP contribution in [-0.2, 0) is 4.79 Å². The first kappa shape index (κ1) is 15.4. The number of rotatable bonds is 2. The van der Waals surface area contributed by atoms with Gasteiger partial charge in [-0.25, -0.2) is 9.18 Å². The van der Waals surface area contributed by atoms with E-state index in [9.17, 15) is 18.8 Å². The second-order valence-electron chi connectivity index (χ2n) is 6.22. The van der Waals surface area contributed by atoms with Crippen LogP contribution in [-0.4, -0.2) is 45.9 Å². The fraction of sp³-hybridized carbons (Fsp3) is 0.235. The summed E-state index contributed by atoms with van der Waals surface area (Å²) in [7, 11) is 0. The Morgan fingerprint density at radius 3 is 2.60 bits per heavy atom. The van der Waals surface area contributed by atoms with Gasteiger partial charge in [0.15, 0.2) is 0 Å². The number of halogens is 1. The molecule has 0 bridgehead atoms. The normalized spacial score (nSPS) is 22.4. The number of nitrogens with zero attached hydrogens (tertiary/aromatic N) is 2. The van der Waals surface area contributed by atoms with Crippen molar-refractivity contribution in [2.24, 2.45) is 0 Å². The molecule has 2 aliphatic rings. The Balaban J connectivity index is 1.55. The number of hydrogen-bond donors (Lipinski definition) is 2. The highest BCUT2D eigenvalue weighted by Gasteiger charge is 2.51. The van der Waals surface area contributed by atoms with E-state index in [1.807, 2.05) is 0 Å². The molecule has 2 aromatic rings. The van der Waals surface area contributed by atoms with Crippen LogP contribution in [0.4, 0.5) is 9.18 Å². The molecule has 1 atom stereocenters. The third-order valence-electron chi connectivity index (χ3n) is 4.65. The van der Waals surface area contributed by atoms with E-state index in [0.29, 0.717) is 18.7 Å². The fourth-order valence-corrected chi connectivity index (χ4v) is 3.33. The fourth-order valence-electron chi connectivity index (χ4n) is 3.33. The molecule has 1 aromatic heterocycles. The molecule has 0 aliphatic carbocycles. The summed E-state index contributed by atoms with van der Waals surface area (Å²) in [5, 5.41) is 4.77. The summed E-state index contributed by atoms with van der Waals surface area (Å²) in [6.07, 6.45) is 3.76. The van der Waals surface area contributed by atoms with Crippen LogP contribution in [0.1, 0.15) is 16.8 Å². The summed E-state index contributed by atoms with van der Waals surface area (Å²) in [4.78, 5) is 37.4. The van der Waals surface area contributed by atoms with Crippen molar-refractivity contribution in [1.82, 2.24) is 20.1 Å². The van der Waals surface area contributed by atoms with E-state index in [1.165, 1.54) is 11.0 Å². The van der Waals surface area contributed by atoms with Crippen LogP contribution in [0.2, 0.25) is 0 Å². The predicted molar refractivity (Wildman–Crippen MR) is 85.7 cm³/mol. The number of carbonyl (C=O) groups excluding carboxylic acids is 3. The average molecular weight is 342 g/mol. The number of aromatic nitrogens is 1. The molecular formula is C17H15FN4O3. The van der Waals surface area contributed by atoms with Gasteiger partial charge in [-0.1, -0.05) is 0 Å². The lowest BCUT2D eigenvalue weighted by atomic mass is 9.99. The Bertz CT molecular complexity index is 880. The molecule has 1 spiro atoms. The predicted octanol–water partition coefficient (Wildman–Crippen LogP) is 1.04. The van der Waals surface area contributed by atoms with Gasteiger partial charge < -0.3 is 14.8 Å². The number of nitrogens with one attached hydrogen (secondary N) is 2. The van der Waals surface area contributed by atoms with E-state index >= 15 is 0 Å². The third kappa shape index (κ3) is 2.46. The Hall–Kier alpha value is -3.16. The van der Waals surface area contributed by atoms with Gasteiger partial charge in [0.05, 0.1) is 12.2 Å². The van der Waals surface area contributed by atoms with Crippen molar-refractivity contribution >= 4 is 17.8 Å². The molecule has 2 N–H and O–H groups in total. The monoisotopic (exact) mass is 342 g/mol. The molecule has 0 radical (unpaired) electrons. The van der Waals surface area contributed by atoms with E-state index in [4.69, 9.17) is 0 Å². The third-order valence-corrected chi connectivity index (χ3v) is 4.65. The molecule has 0 saturated carbocycles. The first-order valence-electron chi connectivity index (χ1n) is 7.84.